The van der Waals surface area contributed by atoms with Crippen LogP contribution in [0.5, 0.6) is 5.75 Å². The molecule has 1 aliphatic heterocycles. The number of methoxy groups -OCH3 is 1. The van der Waals surface area contributed by atoms with E-state index >= 15 is 4.39 Å². The summed E-state index contributed by atoms with van der Waals surface area (Å²) in [5, 5.41) is 36.2. The Morgan fingerprint density at radius 3 is 2.63 bits per heavy atom. The molecule has 0 aromatic heterocycles. The number of rotatable bonds is 9. The van der Waals surface area contributed by atoms with E-state index < -0.39 is 47.9 Å². The average molecular weight is 567 g/mol. The van der Waals surface area contributed by atoms with Crippen LogP contribution in [0.3, 0.4) is 0 Å². The molecule has 0 aliphatic carbocycles. The first-order chi connectivity index (χ1) is 17.9. The van der Waals surface area contributed by atoms with Crippen molar-refractivity contribution in [3.05, 3.63) is 63.4 Å². The lowest BCUT2D eigenvalue weighted by molar-refractivity contribution is -0.123. The van der Waals surface area contributed by atoms with Crippen LogP contribution in [0, 0.1) is 22.6 Å². The van der Waals surface area contributed by atoms with Crippen molar-refractivity contribution in [2.24, 2.45) is 5.41 Å². The van der Waals surface area contributed by atoms with E-state index in [1.54, 1.807) is 24.3 Å². The number of hydrogen-bond donors (Lipinski definition) is 4. The lowest BCUT2D eigenvalue weighted by atomic mass is 9.62. The summed E-state index contributed by atoms with van der Waals surface area (Å²) >= 11 is 12.4. The summed E-state index contributed by atoms with van der Waals surface area (Å²) in [7, 11) is 1.47. The van der Waals surface area contributed by atoms with Gasteiger partial charge in [-0.15, -0.1) is 0 Å². The zero-order valence-corrected chi connectivity index (χ0v) is 23.4. The number of ether oxygens (including phenoxy) is 1. The highest BCUT2D eigenvalue weighted by Gasteiger charge is 2.61. The monoisotopic (exact) mass is 565 g/mol. The molecule has 1 heterocycles. The summed E-state index contributed by atoms with van der Waals surface area (Å²) in [5.74, 6) is -1.84. The fraction of sp³-hybridized carbons (Fsp3) is 0.500. The van der Waals surface area contributed by atoms with Gasteiger partial charge in [-0.05, 0) is 42.0 Å². The summed E-state index contributed by atoms with van der Waals surface area (Å²) in [6, 6.07) is 10.3. The van der Waals surface area contributed by atoms with E-state index in [1.165, 1.54) is 19.2 Å². The number of halogens is 3. The molecule has 0 radical (unpaired) electrons. The van der Waals surface area contributed by atoms with Gasteiger partial charge in [-0.3, -0.25) is 4.79 Å². The number of nitriles is 1. The number of amides is 1. The Hall–Kier alpha value is -2.41. The number of aliphatic hydroxyl groups excluding tert-OH is 2. The van der Waals surface area contributed by atoms with Gasteiger partial charge in [0.1, 0.15) is 17.0 Å². The molecule has 2 aromatic rings. The van der Waals surface area contributed by atoms with E-state index in [0.717, 1.165) is 0 Å². The SMILES string of the molecule is COc1cc(Cl)ccc1[C@@]1(C#N)[C@H](CC(C)(C)C)N[C@H](C(=O)NCC[C@H](O)CO)[C@@H]1c1cccc(Cl)c1F. The zero-order chi connectivity index (χ0) is 28.3. The highest BCUT2D eigenvalue weighted by atomic mass is 35.5. The van der Waals surface area contributed by atoms with Crippen LogP contribution in [0.4, 0.5) is 4.39 Å². The highest BCUT2D eigenvalue weighted by Crippen LogP contribution is 2.54. The van der Waals surface area contributed by atoms with Gasteiger partial charge in [0.2, 0.25) is 5.91 Å². The van der Waals surface area contributed by atoms with Gasteiger partial charge < -0.3 is 25.6 Å². The van der Waals surface area contributed by atoms with Crippen LogP contribution < -0.4 is 15.4 Å². The number of benzene rings is 2. The number of carbonyl (C=O) groups excluding carboxylic acids is 1. The molecule has 2 aromatic carbocycles. The first kappa shape index (κ1) is 30.1. The van der Waals surface area contributed by atoms with Gasteiger partial charge in [-0.2, -0.15) is 5.26 Å². The normalized spacial score (nSPS) is 24.1. The minimum absolute atomic E-state index is 0.0806. The van der Waals surface area contributed by atoms with Crippen LogP contribution in [-0.4, -0.2) is 54.6 Å². The minimum atomic E-state index is -1.46. The van der Waals surface area contributed by atoms with Gasteiger partial charge in [0.05, 0.1) is 37.0 Å². The number of nitrogens with zero attached hydrogens (tertiary/aromatic N) is 1. The Kier molecular flexibility index (Phi) is 9.66. The predicted octanol–water partition coefficient (Wildman–Crippen LogP) is 4.32. The Labute approximate surface area is 232 Å². The van der Waals surface area contributed by atoms with Gasteiger partial charge in [0, 0.05) is 29.1 Å². The third-order valence-electron chi connectivity index (χ3n) is 6.95. The molecule has 10 heteroatoms. The van der Waals surface area contributed by atoms with E-state index in [2.05, 4.69) is 16.7 Å². The second-order valence-electron chi connectivity index (χ2n) is 10.8. The third-order valence-corrected chi connectivity index (χ3v) is 7.48. The van der Waals surface area contributed by atoms with Crippen LogP contribution in [0.25, 0.3) is 0 Å². The van der Waals surface area contributed by atoms with Crippen molar-refractivity contribution in [2.45, 2.75) is 63.1 Å². The molecule has 0 spiro atoms. The second-order valence-corrected chi connectivity index (χ2v) is 11.7. The minimum Gasteiger partial charge on any atom is -0.496 e. The van der Waals surface area contributed by atoms with Crippen molar-refractivity contribution < 1.29 is 24.1 Å². The molecule has 7 nitrogen and oxygen atoms in total. The maximum absolute atomic E-state index is 15.7. The Bertz CT molecular complexity index is 1200. The molecule has 1 amide bonds. The van der Waals surface area contributed by atoms with Crippen molar-refractivity contribution in [2.75, 3.05) is 20.3 Å². The average Bonchev–Trinajstić information content (AvgIpc) is 3.18. The molecule has 206 valence electrons. The highest BCUT2D eigenvalue weighted by molar-refractivity contribution is 6.31. The first-order valence-electron chi connectivity index (χ1n) is 12.4. The van der Waals surface area contributed by atoms with Gasteiger partial charge in [-0.25, -0.2) is 4.39 Å². The van der Waals surface area contributed by atoms with E-state index in [4.69, 9.17) is 33.0 Å². The van der Waals surface area contributed by atoms with Gasteiger partial charge in [0.15, 0.2) is 0 Å². The number of nitrogens with one attached hydrogen (secondary N) is 2. The van der Waals surface area contributed by atoms with Crippen molar-refractivity contribution >= 4 is 29.1 Å². The van der Waals surface area contributed by atoms with Crippen molar-refractivity contribution in [3.63, 3.8) is 0 Å². The Balaban J connectivity index is 2.27. The lowest BCUT2D eigenvalue weighted by Gasteiger charge is -2.38. The molecule has 1 fully saturated rings. The topological polar surface area (TPSA) is 115 Å². The van der Waals surface area contributed by atoms with Crippen LogP contribution >= 0.6 is 23.2 Å². The predicted molar refractivity (Wildman–Crippen MR) is 145 cm³/mol. The van der Waals surface area contributed by atoms with Gasteiger partial charge in [-0.1, -0.05) is 62.2 Å². The summed E-state index contributed by atoms with van der Waals surface area (Å²) in [6.07, 6.45) is -0.388. The standard InChI is InChI=1S/C28H34Cl2FN3O4/c1-27(2,3)13-22-28(15-32,19-9-8-16(29)12-21(19)38-4)23(18-6-5-7-20(30)24(18)31)25(34-22)26(37)33-11-10-17(36)14-35/h5-9,12,17,22-23,25,34-36H,10-11,13-14H2,1-4H3,(H,33,37)/t17-,22-,23-,25-,28-/m0/s1. The molecule has 3 rings (SSSR count). The quantitative estimate of drug-likeness (QED) is 0.360. The maximum Gasteiger partial charge on any atom is 0.237 e. The largest absolute Gasteiger partial charge is 0.496 e. The molecule has 1 aliphatic rings. The molecular weight excluding hydrogens is 532 g/mol. The molecular formula is C28H34Cl2FN3O4. The smallest absolute Gasteiger partial charge is 0.237 e. The van der Waals surface area contributed by atoms with E-state index in [9.17, 15) is 15.2 Å². The van der Waals surface area contributed by atoms with Crippen molar-refractivity contribution in [1.82, 2.24) is 10.6 Å². The van der Waals surface area contributed by atoms with Crippen LogP contribution in [0.1, 0.15) is 50.7 Å². The fourth-order valence-electron chi connectivity index (χ4n) is 5.30. The van der Waals surface area contributed by atoms with Crippen LogP contribution in [0.15, 0.2) is 36.4 Å². The van der Waals surface area contributed by atoms with Crippen molar-refractivity contribution in [1.29, 1.82) is 5.26 Å². The second kappa shape index (κ2) is 12.2. The van der Waals surface area contributed by atoms with E-state index in [-0.39, 0.29) is 29.0 Å². The molecule has 38 heavy (non-hydrogen) atoms. The van der Waals surface area contributed by atoms with Gasteiger partial charge in [0.25, 0.3) is 0 Å². The van der Waals surface area contributed by atoms with Gasteiger partial charge >= 0.3 is 0 Å². The molecule has 0 saturated carbocycles. The number of aliphatic hydroxyl groups is 2. The Morgan fingerprint density at radius 2 is 2.03 bits per heavy atom. The summed E-state index contributed by atoms with van der Waals surface area (Å²) in [4.78, 5) is 13.6. The zero-order valence-electron chi connectivity index (χ0n) is 21.9. The van der Waals surface area contributed by atoms with E-state index in [0.29, 0.717) is 22.8 Å². The molecule has 4 N–H and O–H groups in total. The maximum atomic E-state index is 15.7. The van der Waals surface area contributed by atoms with E-state index in [1.807, 2.05) is 20.8 Å². The summed E-state index contributed by atoms with van der Waals surface area (Å²) in [5.41, 5.74) is -1.13. The number of hydrogen-bond acceptors (Lipinski definition) is 6. The molecule has 0 unspecified atom stereocenters. The van der Waals surface area contributed by atoms with Crippen molar-refractivity contribution in [3.8, 4) is 11.8 Å². The lowest BCUT2D eigenvalue weighted by Crippen LogP contribution is -2.46. The molecule has 0 bridgehead atoms. The first-order valence-corrected chi connectivity index (χ1v) is 13.2. The molecule has 5 atom stereocenters. The summed E-state index contributed by atoms with van der Waals surface area (Å²) in [6.45, 7) is 5.71. The van der Waals surface area contributed by atoms with Crippen LogP contribution in [0.2, 0.25) is 10.0 Å². The summed E-state index contributed by atoms with van der Waals surface area (Å²) < 4.78 is 21.3. The Morgan fingerprint density at radius 1 is 1.32 bits per heavy atom. The third kappa shape index (κ3) is 6.08. The molecule has 1 saturated heterocycles. The van der Waals surface area contributed by atoms with Crippen LogP contribution in [-0.2, 0) is 10.2 Å². The fourth-order valence-corrected chi connectivity index (χ4v) is 5.65. The number of carbonyl (C=O) groups is 1.